The minimum absolute atomic E-state index is 0. The lowest BCUT2D eigenvalue weighted by molar-refractivity contribution is 0.131. The molecule has 0 saturated carbocycles. The van der Waals surface area contributed by atoms with Gasteiger partial charge in [-0.3, -0.25) is 4.90 Å². The monoisotopic (exact) mass is 328 g/mol. The highest BCUT2D eigenvalue weighted by Crippen LogP contribution is 2.45. The molecule has 0 spiro atoms. The van der Waals surface area contributed by atoms with Crippen molar-refractivity contribution in [2.24, 2.45) is 11.1 Å². The lowest BCUT2D eigenvalue weighted by Crippen LogP contribution is -2.46. The number of hydrogen-bond donors (Lipinski definition) is 0. The first-order valence-corrected chi connectivity index (χ1v) is 7.62. The van der Waals surface area contributed by atoms with Gasteiger partial charge in [-0.25, -0.2) is 0 Å². The Balaban J connectivity index is 0.00000161. The molecule has 1 aromatic carbocycles. The molecular formula is C16H22Cl2N2O. The number of nitrogens with zero attached hydrogens (tertiary/aromatic N) is 2. The molecule has 2 heterocycles. The summed E-state index contributed by atoms with van der Waals surface area (Å²) in [6.45, 7) is 0. The van der Waals surface area contributed by atoms with Gasteiger partial charge in [-0.2, -0.15) is 0 Å². The van der Waals surface area contributed by atoms with Crippen molar-refractivity contribution in [2.45, 2.75) is 37.3 Å². The molecule has 2 bridgehead atoms. The van der Waals surface area contributed by atoms with Crippen LogP contribution < -0.4 is 0 Å². The second kappa shape index (κ2) is 6.99. The Morgan fingerprint density at radius 2 is 2.00 bits per heavy atom. The number of rotatable bonds is 3. The van der Waals surface area contributed by atoms with Crippen LogP contribution in [-0.4, -0.2) is 37.4 Å². The highest BCUT2D eigenvalue weighted by molar-refractivity contribution is 6.30. The summed E-state index contributed by atoms with van der Waals surface area (Å²) in [5.41, 5.74) is 1.37. The average Bonchev–Trinajstić information content (AvgIpc) is 2.71. The van der Waals surface area contributed by atoms with Crippen LogP contribution in [-0.2, 0) is 4.84 Å². The Bertz CT molecular complexity index is 492. The third-order valence-corrected chi connectivity index (χ3v) is 5.22. The standard InChI is InChI=1S/C16H21ClN2O.ClH/c1-19-13-7-8-16(19)15(10-18-20-2)14(9-13)11-3-5-12(17)6-4-11;/h3-6,10,13-16H,7-9H2,1-2H3;1H/b18-10+;/t13?,14-,15-,16-;/m1./s1. The van der Waals surface area contributed by atoms with Crippen LogP contribution in [0.15, 0.2) is 29.4 Å². The van der Waals surface area contributed by atoms with E-state index in [1.165, 1.54) is 24.8 Å². The largest absolute Gasteiger partial charge is 0.399 e. The summed E-state index contributed by atoms with van der Waals surface area (Å²) < 4.78 is 0. The molecule has 0 amide bonds. The lowest BCUT2D eigenvalue weighted by atomic mass is 9.77. The SMILES string of the molecule is CO/N=C/[C@@H]1[C@@H](c2ccc(Cl)cc2)CC2CC[C@H]1N2C.Cl. The topological polar surface area (TPSA) is 24.8 Å². The lowest BCUT2D eigenvalue weighted by Gasteiger charge is -2.41. The van der Waals surface area contributed by atoms with E-state index in [9.17, 15) is 0 Å². The number of oxime groups is 1. The van der Waals surface area contributed by atoms with Crippen molar-refractivity contribution in [3.8, 4) is 0 Å². The molecule has 4 atom stereocenters. The van der Waals surface area contributed by atoms with Crippen LogP contribution in [0, 0.1) is 5.92 Å². The molecule has 2 saturated heterocycles. The number of benzene rings is 1. The summed E-state index contributed by atoms with van der Waals surface area (Å²) in [6, 6.07) is 9.57. The molecular weight excluding hydrogens is 307 g/mol. The number of fused-ring (bicyclic) bond motifs is 2. The van der Waals surface area contributed by atoms with Gasteiger partial charge in [0, 0.05) is 29.2 Å². The molecule has 5 heteroatoms. The van der Waals surface area contributed by atoms with Gasteiger partial charge in [-0.05, 0) is 49.9 Å². The molecule has 2 aliphatic rings. The van der Waals surface area contributed by atoms with Gasteiger partial charge in [0.2, 0.25) is 0 Å². The molecule has 2 aliphatic heterocycles. The summed E-state index contributed by atoms with van der Waals surface area (Å²) >= 11 is 6.01. The van der Waals surface area contributed by atoms with Crippen LogP contribution in [0.2, 0.25) is 5.02 Å². The van der Waals surface area contributed by atoms with Gasteiger partial charge < -0.3 is 4.84 Å². The van der Waals surface area contributed by atoms with E-state index in [1.807, 2.05) is 18.3 Å². The van der Waals surface area contributed by atoms with Crippen LogP contribution in [0.5, 0.6) is 0 Å². The number of piperidine rings is 1. The van der Waals surface area contributed by atoms with Crippen LogP contribution in [0.25, 0.3) is 0 Å². The van der Waals surface area contributed by atoms with Gasteiger partial charge in [0.05, 0.1) is 0 Å². The van der Waals surface area contributed by atoms with E-state index in [-0.39, 0.29) is 12.4 Å². The zero-order valence-electron chi connectivity index (χ0n) is 12.4. The van der Waals surface area contributed by atoms with Crippen LogP contribution in [0.3, 0.4) is 0 Å². The second-order valence-electron chi connectivity index (χ2n) is 5.87. The quantitative estimate of drug-likeness (QED) is 0.619. The molecule has 3 rings (SSSR count). The minimum Gasteiger partial charge on any atom is -0.399 e. The molecule has 2 fully saturated rings. The van der Waals surface area contributed by atoms with E-state index in [0.717, 1.165) is 5.02 Å². The van der Waals surface area contributed by atoms with Gasteiger partial charge in [0.15, 0.2) is 0 Å². The molecule has 0 aliphatic carbocycles. The minimum atomic E-state index is 0. The predicted octanol–water partition coefficient (Wildman–Crippen LogP) is 3.96. The van der Waals surface area contributed by atoms with Crippen LogP contribution >= 0.6 is 24.0 Å². The Hall–Kier alpha value is -0.770. The molecule has 0 radical (unpaired) electrons. The summed E-state index contributed by atoms with van der Waals surface area (Å²) in [4.78, 5) is 7.45. The molecule has 116 valence electrons. The Kier molecular flexibility index (Phi) is 5.53. The normalized spacial score (nSPS) is 32.1. The van der Waals surface area contributed by atoms with Crippen molar-refractivity contribution in [1.29, 1.82) is 0 Å². The first-order chi connectivity index (χ1) is 9.70. The average molecular weight is 329 g/mol. The maximum atomic E-state index is 6.01. The third kappa shape index (κ3) is 3.20. The van der Waals surface area contributed by atoms with Gasteiger partial charge >= 0.3 is 0 Å². The maximum Gasteiger partial charge on any atom is 0.106 e. The van der Waals surface area contributed by atoms with Crippen molar-refractivity contribution < 1.29 is 4.84 Å². The van der Waals surface area contributed by atoms with Crippen molar-refractivity contribution in [3.05, 3.63) is 34.9 Å². The summed E-state index contributed by atoms with van der Waals surface area (Å²) in [7, 11) is 3.85. The third-order valence-electron chi connectivity index (χ3n) is 4.97. The van der Waals surface area contributed by atoms with Crippen molar-refractivity contribution in [2.75, 3.05) is 14.2 Å². The predicted molar refractivity (Wildman–Crippen MR) is 89.6 cm³/mol. The molecule has 0 N–H and O–H groups in total. The number of halogens is 2. The fraction of sp³-hybridized carbons (Fsp3) is 0.562. The molecule has 3 nitrogen and oxygen atoms in total. The van der Waals surface area contributed by atoms with Crippen molar-refractivity contribution in [3.63, 3.8) is 0 Å². The van der Waals surface area contributed by atoms with Gasteiger partial charge in [-0.1, -0.05) is 28.9 Å². The van der Waals surface area contributed by atoms with Gasteiger partial charge in [0.1, 0.15) is 7.11 Å². The Labute approximate surface area is 137 Å². The maximum absolute atomic E-state index is 6.01. The van der Waals surface area contributed by atoms with E-state index in [1.54, 1.807) is 7.11 Å². The Morgan fingerprint density at radius 1 is 1.29 bits per heavy atom. The Morgan fingerprint density at radius 3 is 2.67 bits per heavy atom. The van der Waals surface area contributed by atoms with Gasteiger partial charge in [-0.15, -0.1) is 12.4 Å². The van der Waals surface area contributed by atoms with E-state index >= 15 is 0 Å². The molecule has 21 heavy (non-hydrogen) atoms. The van der Waals surface area contributed by atoms with E-state index in [0.29, 0.717) is 23.9 Å². The molecule has 1 aromatic rings. The second-order valence-corrected chi connectivity index (χ2v) is 6.31. The van der Waals surface area contributed by atoms with Gasteiger partial charge in [0.25, 0.3) is 0 Å². The summed E-state index contributed by atoms with van der Waals surface area (Å²) in [6.07, 6.45) is 5.74. The van der Waals surface area contributed by atoms with Crippen LogP contribution in [0.1, 0.15) is 30.7 Å². The molecule has 1 unspecified atom stereocenters. The van der Waals surface area contributed by atoms with E-state index in [2.05, 4.69) is 29.2 Å². The van der Waals surface area contributed by atoms with Crippen molar-refractivity contribution >= 4 is 30.2 Å². The zero-order valence-corrected chi connectivity index (χ0v) is 14.0. The highest BCUT2D eigenvalue weighted by atomic mass is 35.5. The first-order valence-electron chi connectivity index (χ1n) is 7.24. The fourth-order valence-electron chi connectivity index (χ4n) is 3.91. The fourth-order valence-corrected chi connectivity index (χ4v) is 4.04. The van der Waals surface area contributed by atoms with Crippen LogP contribution in [0.4, 0.5) is 0 Å². The summed E-state index contributed by atoms with van der Waals surface area (Å²) in [5, 5.41) is 4.86. The van der Waals surface area contributed by atoms with E-state index < -0.39 is 0 Å². The molecule has 0 aromatic heterocycles. The highest BCUT2D eigenvalue weighted by Gasteiger charge is 2.45. The summed E-state index contributed by atoms with van der Waals surface area (Å²) in [5.74, 6) is 0.930. The zero-order chi connectivity index (χ0) is 14.1. The van der Waals surface area contributed by atoms with E-state index in [4.69, 9.17) is 16.4 Å². The van der Waals surface area contributed by atoms with Crippen molar-refractivity contribution in [1.82, 2.24) is 4.90 Å². The smallest absolute Gasteiger partial charge is 0.106 e. The first kappa shape index (κ1) is 16.6. The number of hydrogen-bond acceptors (Lipinski definition) is 3.